The van der Waals surface area contributed by atoms with Crippen molar-refractivity contribution in [2.24, 2.45) is 0 Å². The van der Waals surface area contributed by atoms with Crippen LogP contribution in [0.1, 0.15) is 23.7 Å². The average Bonchev–Trinajstić information content (AvgIpc) is 2.57. The van der Waals surface area contributed by atoms with Gasteiger partial charge in [0.2, 0.25) is 0 Å². The molecule has 0 aliphatic carbocycles. The Balaban J connectivity index is 1.95. The molecule has 0 spiro atoms. The van der Waals surface area contributed by atoms with E-state index in [0.29, 0.717) is 23.2 Å². The molecule has 132 valence electrons. The van der Waals surface area contributed by atoms with Crippen LogP contribution in [0.5, 0.6) is 0 Å². The summed E-state index contributed by atoms with van der Waals surface area (Å²) < 4.78 is 17.7. The number of carbonyl (C=O) groups is 2. The van der Waals surface area contributed by atoms with E-state index in [1.807, 2.05) is 0 Å². The van der Waals surface area contributed by atoms with E-state index in [4.69, 9.17) is 10.5 Å². The van der Waals surface area contributed by atoms with Crippen LogP contribution in [0.4, 0.5) is 15.9 Å². The predicted molar refractivity (Wildman–Crippen MR) is 92.8 cm³/mol. The minimum atomic E-state index is -0.493. The highest BCUT2D eigenvalue weighted by Crippen LogP contribution is 2.18. The number of nitrogens with two attached hydrogens (primary N) is 1. The van der Waals surface area contributed by atoms with E-state index in [1.165, 1.54) is 42.2 Å². The third kappa shape index (κ3) is 5.71. The van der Waals surface area contributed by atoms with Crippen molar-refractivity contribution in [1.29, 1.82) is 0 Å². The van der Waals surface area contributed by atoms with Crippen molar-refractivity contribution in [3.05, 3.63) is 41.8 Å². The minimum Gasteiger partial charge on any atom is -0.466 e. The number of hydrogen-bond donors (Lipinski definition) is 2. The molecule has 1 heterocycles. The van der Waals surface area contributed by atoms with Crippen LogP contribution >= 0.6 is 11.8 Å². The predicted octanol–water partition coefficient (Wildman–Crippen LogP) is 2.50. The molecule has 0 radical (unpaired) electrons. The van der Waals surface area contributed by atoms with E-state index in [2.05, 4.69) is 15.3 Å². The molecule has 1 aromatic carbocycles. The lowest BCUT2D eigenvalue weighted by Crippen LogP contribution is -2.15. The van der Waals surface area contributed by atoms with Gasteiger partial charge in [-0.05, 0) is 31.2 Å². The molecule has 2 aromatic rings. The van der Waals surface area contributed by atoms with Gasteiger partial charge in [-0.2, -0.15) is 0 Å². The van der Waals surface area contributed by atoms with Crippen LogP contribution in [-0.4, -0.2) is 34.2 Å². The van der Waals surface area contributed by atoms with Crippen LogP contribution in [0.15, 0.2) is 35.6 Å². The number of hydrogen-bond acceptors (Lipinski definition) is 7. The van der Waals surface area contributed by atoms with Gasteiger partial charge in [-0.15, -0.1) is 0 Å². The Morgan fingerprint density at radius 1 is 1.32 bits per heavy atom. The van der Waals surface area contributed by atoms with Crippen molar-refractivity contribution in [3.63, 3.8) is 0 Å². The first kappa shape index (κ1) is 18.7. The molecule has 0 aliphatic rings. The molecule has 2 rings (SSSR count). The Morgan fingerprint density at radius 2 is 2.04 bits per heavy atom. The Bertz CT molecular complexity index is 756. The minimum absolute atomic E-state index is 0.0215. The number of ether oxygens (including phenoxy) is 1. The van der Waals surface area contributed by atoms with Crippen LogP contribution in [0.3, 0.4) is 0 Å². The Labute approximate surface area is 148 Å². The Morgan fingerprint density at radius 3 is 2.68 bits per heavy atom. The molecule has 1 aromatic heterocycles. The van der Waals surface area contributed by atoms with Gasteiger partial charge in [0.1, 0.15) is 17.2 Å². The van der Waals surface area contributed by atoms with Crippen molar-refractivity contribution in [3.8, 4) is 0 Å². The fourth-order valence-electron chi connectivity index (χ4n) is 1.81. The lowest BCUT2D eigenvalue weighted by atomic mass is 10.2. The molecule has 0 fully saturated rings. The zero-order valence-corrected chi connectivity index (χ0v) is 14.3. The zero-order chi connectivity index (χ0) is 18.2. The number of nitrogen functional groups attached to an aromatic ring is 1. The quantitative estimate of drug-likeness (QED) is 0.441. The summed E-state index contributed by atoms with van der Waals surface area (Å²) in [6, 6.07) is 5.34. The Hall–Kier alpha value is -2.68. The number of rotatable bonds is 7. The number of thioether (sulfide) groups is 1. The van der Waals surface area contributed by atoms with E-state index in [1.54, 1.807) is 6.92 Å². The molecule has 0 aliphatic heterocycles. The van der Waals surface area contributed by atoms with E-state index >= 15 is 0 Å². The van der Waals surface area contributed by atoms with Gasteiger partial charge < -0.3 is 15.8 Å². The third-order valence-corrected chi connectivity index (χ3v) is 3.85. The van der Waals surface area contributed by atoms with Gasteiger partial charge in [0.25, 0.3) is 5.91 Å². The maximum absolute atomic E-state index is 12.9. The molecule has 0 bridgehead atoms. The first-order valence-corrected chi connectivity index (χ1v) is 8.46. The molecule has 7 nitrogen and oxygen atoms in total. The second kappa shape index (κ2) is 8.97. The van der Waals surface area contributed by atoms with Crippen LogP contribution in [-0.2, 0) is 9.53 Å². The van der Waals surface area contributed by atoms with Crippen molar-refractivity contribution < 1.29 is 18.7 Å². The molecule has 0 saturated heterocycles. The zero-order valence-electron chi connectivity index (χ0n) is 13.5. The topological polar surface area (TPSA) is 107 Å². The number of amides is 1. The number of nitrogens with zero attached hydrogens (tertiary/aromatic N) is 2. The lowest BCUT2D eigenvalue weighted by molar-refractivity contribution is -0.142. The van der Waals surface area contributed by atoms with Gasteiger partial charge in [0.15, 0.2) is 5.16 Å². The molecule has 0 atom stereocenters. The summed E-state index contributed by atoms with van der Waals surface area (Å²) in [7, 11) is 0. The molecular weight excluding hydrogens is 347 g/mol. The van der Waals surface area contributed by atoms with Crippen LogP contribution in [0.2, 0.25) is 0 Å². The summed E-state index contributed by atoms with van der Waals surface area (Å²) in [6.45, 7) is 2.08. The SMILES string of the molecule is CCOC(=O)CCSc1ncc(C(=O)Nc2ccc(F)cc2)c(N)n1. The van der Waals surface area contributed by atoms with E-state index in [-0.39, 0.29) is 23.8 Å². The monoisotopic (exact) mass is 364 g/mol. The molecule has 9 heteroatoms. The largest absolute Gasteiger partial charge is 0.466 e. The maximum atomic E-state index is 12.9. The number of esters is 1. The van der Waals surface area contributed by atoms with Gasteiger partial charge >= 0.3 is 5.97 Å². The molecule has 0 saturated carbocycles. The summed E-state index contributed by atoms with van der Waals surface area (Å²) in [6.07, 6.45) is 1.54. The highest BCUT2D eigenvalue weighted by atomic mass is 32.2. The molecule has 25 heavy (non-hydrogen) atoms. The maximum Gasteiger partial charge on any atom is 0.306 e. The van der Waals surface area contributed by atoms with Crippen molar-refractivity contribution >= 4 is 35.1 Å². The van der Waals surface area contributed by atoms with Gasteiger partial charge in [0.05, 0.1) is 13.0 Å². The molecule has 0 unspecified atom stereocenters. The fraction of sp³-hybridized carbons (Fsp3) is 0.250. The van der Waals surface area contributed by atoms with Crippen molar-refractivity contribution in [2.75, 3.05) is 23.4 Å². The van der Waals surface area contributed by atoms with Crippen LogP contribution < -0.4 is 11.1 Å². The number of nitrogens with one attached hydrogen (secondary N) is 1. The molecule has 1 amide bonds. The van der Waals surface area contributed by atoms with Crippen LogP contribution in [0, 0.1) is 5.82 Å². The van der Waals surface area contributed by atoms with E-state index in [0.717, 1.165) is 0 Å². The van der Waals surface area contributed by atoms with Gasteiger partial charge in [-0.25, -0.2) is 14.4 Å². The van der Waals surface area contributed by atoms with Gasteiger partial charge in [-0.1, -0.05) is 11.8 Å². The summed E-state index contributed by atoms with van der Waals surface area (Å²) in [5, 5.41) is 2.95. The normalized spacial score (nSPS) is 10.3. The first-order valence-electron chi connectivity index (χ1n) is 7.47. The fourth-order valence-corrected chi connectivity index (χ4v) is 2.55. The summed E-state index contributed by atoms with van der Waals surface area (Å²) in [4.78, 5) is 31.5. The van der Waals surface area contributed by atoms with Crippen molar-refractivity contribution in [1.82, 2.24) is 9.97 Å². The highest BCUT2D eigenvalue weighted by Gasteiger charge is 2.13. The second-order valence-electron chi connectivity index (χ2n) is 4.82. The first-order chi connectivity index (χ1) is 12.0. The summed E-state index contributed by atoms with van der Waals surface area (Å²) in [5.74, 6) is -0.719. The van der Waals surface area contributed by atoms with E-state index < -0.39 is 11.7 Å². The molecular formula is C16H17FN4O3S. The number of halogens is 1. The standard InChI is InChI=1S/C16H17FN4O3S/c1-2-24-13(22)7-8-25-16-19-9-12(14(18)21-16)15(23)20-11-5-3-10(17)4-6-11/h3-6,9H,2,7-8H2,1H3,(H,20,23)(H2,18,19,21). The van der Waals surface area contributed by atoms with Crippen LogP contribution in [0.25, 0.3) is 0 Å². The summed E-state index contributed by atoms with van der Waals surface area (Å²) >= 11 is 1.24. The number of benzene rings is 1. The van der Waals surface area contributed by atoms with Gasteiger partial charge in [0, 0.05) is 17.6 Å². The highest BCUT2D eigenvalue weighted by molar-refractivity contribution is 7.99. The number of aromatic nitrogens is 2. The lowest BCUT2D eigenvalue weighted by Gasteiger charge is -2.08. The van der Waals surface area contributed by atoms with Gasteiger partial charge in [-0.3, -0.25) is 9.59 Å². The molecule has 3 N–H and O–H groups in total. The third-order valence-electron chi connectivity index (χ3n) is 2.99. The average molecular weight is 364 g/mol. The smallest absolute Gasteiger partial charge is 0.306 e. The Kier molecular flexibility index (Phi) is 6.70. The van der Waals surface area contributed by atoms with Crippen molar-refractivity contribution in [2.45, 2.75) is 18.5 Å². The number of carbonyl (C=O) groups excluding carboxylic acids is 2. The van der Waals surface area contributed by atoms with E-state index in [9.17, 15) is 14.0 Å². The second-order valence-corrected chi connectivity index (χ2v) is 5.88. The number of anilines is 2. The summed E-state index contributed by atoms with van der Waals surface area (Å²) in [5.41, 5.74) is 6.34.